The number of nitrogens with zero attached hydrogens (tertiary/aromatic N) is 3. The third-order valence-electron chi connectivity index (χ3n) is 6.00. The van der Waals surface area contributed by atoms with Gasteiger partial charge in [-0.05, 0) is 76.3 Å². The Balaban J connectivity index is 1.76. The second-order valence-corrected chi connectivity index (χ2v) is 7.81. The van der Waals surface area contributed by atoms with Crippen LogP contribution in [-0.2, 0) is 0 Å². The molecule has 1 aliphatic heterocycles. The Morgan fingerprint density at radius 1 is 1.17 bits per heavy atom. The van der Waals surface area contributed by atoms with Gasteiger partial charge in [0.25, 0.3) is 5.91 Å². The Morgan fingerprint density at radius 2 is 1.97 bits per heavy atom. The van der Waals surface area contributed by atoms with E-state index in [1.54, 1.807) is 6.20 Å². The number of pyridine rings is 1. The first-order valence-corrected chi connectivity index (χ1v) is 11.0. The van der Waals surface area contributed by atoms with Crippen LogP contribution in [0, 0.1) is 6.92 Å². The highest BCUT2D eigenvalue weighted by Crippen LogP contribution is 2.27. The normalized spacial score (nSPS) is 16.6. The summed E-state index contributed by atoms with van der Waals surface area (Å²) in [4.78, 5) is 22.0. The van der Waals surface area contributed by atoms with E-state index >= 15 is 0 Å². The number of carbonyl (C=O) groups is 1. The van der Waals surface area contributed by atoms with Gasteiger partial charge >= 0.3 is 0 Å². The summed E-state index contributed by atoms with van der Waals surface area (Å²) in [5.41, 5.74) is 4.76. The van der Waals surface area contributed by atoms with Crippen LogP contribution in [0.2, 0.25) is 0 Å². The highest BCUT2D eigenvalue weighted by atomic mass is 16.1. The van der Waals surface area contributed by atoms with E-state index < -0.39 is 0 Å². The fraction of sp³-hybridized carbons (Fsp3) is 0.500. The predicted octanol–water partition coefficient (Wildman–Crippen LogP) is 5.26. The number of carbonyl (C=O) groups excluding carboxylic acids is 1. The van der Waals surface area contributed by atoms with Crippen LogP contribution in [0.4, 0.5) is 17.1 Å². The number of rotatable bonds is 7. The highest BCUT2D eigenvalue weighted by Gasteiger charge is 2.22. The number of piperidine rings is 1. The molecule has 1 saturated heterocycles. The zero-order chi connectivity index (χ0) is 20.8. The molecular formula is C24H34N4O. The summed E-state index contributed by atoms with van der Waals surface area (Å²) in [6.45, 7) is 11.6. The highest BCUT2D eigenvalue weighted by molar-refractivity contribution is 6.05. The summed E-state index contributed by atoms with van der Waals surface area (Å²) in [6, 6.07) is 8.73. The van der Waals surface area contributed by atoms with Crippen molar-refractivity contribution in [3.05, 3.63) is 47.8 Å². The van der Waals surface area contributed by atoms with Crippen LogP contribution >= 0.6 is 0 Å². The van der Waals surface area contributed by atoms with Crippen LogP contribution in [0.3, 0.4) is 0 Å². The number of aryl methyl sites for hydroxylation is 1. The summed E-state index contributed by atoms with van der Waals surface area (Å²) in [5.74, 6) is -0.108. The molecule has 0 radical (unpaired) electrons. The molecule has 0 aliphatic carbocycles. The number of amides is 1. The zero-order valence-electron chi connectivity index (χ0n) is 18.2. The van der Waals surface area contributed by atoms with Gasteiger partial charge in [-0.3, -0.25) is 9.78 Å². The van der Waals surface area contributed by atoms with Gasteiger partial charge in [-0.1, -0.05) is 6.92 Å². The molecule has 0 bridgehead atoms. The summed E-state index contributed by atoms with van der Waals surface area (Å²) in [7, 11) is 0. The Labute approximate surface area is 175 Å². The molecule has 0 spiro atoms. The maximum atomic E-state index is 12.9. The van der Waals surface area contributed by atoms with Gasteiger partial charge in [0.15, 0.2) is 0 Å². The standard InChI is InChI=1S/C24H34N4O/c1-5-20-10-8-9-13-28(20)22-15-19(16-25-17-22)24(29)26-23-12-11-21(14-18(23)4)27(6-2)7-3/h11-12,14-17,20H,5-10,13H2,1-4H3,(H,26,29). The van der Waals surface area contributed by atoms with Gasteiger partial charge in [-0.25, -0.2) is 0 Å². The lowest BCUT2D eigenvalue weighted by molar-refractivity contribution is 0.102. The van der Waals surface area contributed by atoms with Crippen LogP contribution in [0.1, 0.15) is 62.4 Å². The van der Waals surface area contributed by atoms with Crippen LogP contribution in [0.5, 0.6) is 0 Å². The quantitative estimate of drug-likeness (QED) is 0.696. The number of benzene rings is 1. The maximum absolute atomic E-state index is 12.9. The van der Waals surface area contributed by atoms with E-state index in [-0.39, 0.29) is 5.91 Å². The summed E-state index contributed by atoms with van der Waals surface area (Å²) >= 11 is 0. The molecule has 1 N–H and O–H groups in total. The van der Waals surface area contributed by atoms with E-state index in [9.17, 15) is 4.79 Å². The fourth-order valence-corrected chi connectivity index (χ4v) is 4.24. The van der Waals surface area contributed by atoms with Crippen LogP contribution < -0.4 is 15.1 Å². The van der Waals surface area contributed by atoms with Crippen LogP contribution in [-0.4, -0.2) is 36.6 Å². The van der Waals surface area contributed by atoms with Gasteiger partial charge in [0.05, 0.1) is 17.4 Å². The molecule has 5 nitrogen and oxygen atoms in total. The number of nitrogens with one attached hydrogen (secondary N) is 1. The second kappa shape index (κ2) is 9.77. The Morgan fingerprint density at radius 3 is 2.66 bits per heavy atom. The van der Waals surface area contributed by atoms with Crippen molar-refractivity contribution in [3.63, 3.8) is 0 Å². The lowest BCUT2D eigenvalue weighted by Gasteiger charge is -2.37. The van der Waals surface area contributed by atoms with E-state index in [0.29, 0.717) is 11.6 Å². The molecule has 1 aromatic carbocycles. The second-order valence-electron chi connectivity index (χ2n) is 7.81. The van der Waals surface area contributed by atoms with Crippen LogP contribution in [0.15, 0.2) is 36.7 Å². The smallest absolute Gasteiger partial charge is 0.257 e. The van der Waals surface area contributed by atoms with Crippen molar-refractivity contribution in [3.8, 4) is 0 Å². The van der Waals surface area contributed by atoms with E-state index in [0.717, 1.165) is 43.0 Å². The van der Waals surface area contributed by atoms with Gasteiger partial charge < -0.3 is 15.1 Å². The van der Waals surface area contributed by atoms with Crippen molar-refractivity contribution in [1.29, 1.82) is 0 Å². The minimum absolute atomic E-state index is 0.108. The Hall–Kier alpha value is -2.56. The molecule has 1 aromatic heterocycles. The molecule has 29 heavy (non-hydrogen) atoms. The van der Waals surface area contributed by atoms with E-state index in [1.165, 1.54) is 24.9 Å². The summed E-state index contributed by atoms with van der Waals surface area (Å²) in [5, 5.41) is 3.07. The van der Waals surface area contributed by atoms with E-state index in [4.69, 9.17) is 0 Å². The number of aromatic nitrogens is 1. The van der Waals surface area contributed by atoms with Gasteiger partial charge in [0, 0.05) is 43.2 Å². The predicted molar refractivity (Wildman–Crippen MR) is 122 cm³/mol. The van der Waals surface area contributed by atoms with Crippen LogP contribution in [0.25, 0.3) is 0 Å². The maximum Gasteiger partial charge on any atom is 0.257 e. The number of hydrogen-bond donors (Lipinski definition) is 1. The molecule has 2 heterocycles. The number of hydrogen-bond acceptors (Lipinski definition) is 4. The summed E-state index contributed by atoms with van der Waals surface area (Å²) in [6.07, 6.45) is 8.36. The van der Waals surface area contributed by atoms with Gasteiger partial charge in [0.1, 0.15) is 0 Å². The monoisotopic (exact) mass is 394 g/mol. The Kier molecular flexibility index (Phi) is 7.13. The van der Waals surface area contributed by atoms with Crippen molar-refractivity contribution in [2.75, 3.05) is 34.8 Å². The average molecular weight is 395 g/mol. The van der Waals surface area contributed by atoms with E-state index in [1.807, 2.05) is 25.3 Å². The molecular weight excluding hydrogens is 360 g/mol. The van der Waals surface area contributed by atoms with E-state index in [2.05, 4.69) is 53.0 Å². The fourth-order valence-electron chi connectivity index (χ4n) is 4.24. The SMILES string of the molecule is CCC1CCCCN1c1cncc(C(=O)Nc2ccc(N(CC)CC)cc2C)c1. The van der Waals surface area contributed by atoms with Gasteiger partial charge in [-0.2, -0.15) is 0 Å². The molecule has 2 aromatic rings. The van der Waals surface area contributed by atoms with Crippen molar-refractivity contribution in [2.24, 2.45) is 0 Å². The molecule has 1 unspecified atom stereocenters. The summed E-state index contributed by atoms with van der Waals surface area (Å²) < 4.78 is 0. The van der Waals surface area contributed by atoms with Gasteiger partial charge in [0.2, 0.25) is 0 Å². The lowest BCUT2D eigenvalue weighted by atomic mass is 9.99. The first kappa shape index (κ1) is 21.2. The molecule has 0 saturated carbocycles. The molecule has 3 rings (SSSR count). The molecule has 1 aliphatic rings. The zero-order valence-corrected chi connectivity index (χ0v) is 18.2. The molecule has 156 valence electrons. The molecule has 1 fully saturated rings. The average Bonchev–Trinajstić information content (AvgIpc) is 2.76. The van der Waals surface area contributed by atoms with Gasteiger partial charge in [-0.15, -0.1) is 0 Å². The first-order valence-electron chi connectivity index (χ1n) is 11.0. The van der Waals surface area contributed by atoms with Crippen molar-refractivity contribution in [1.82, 2.24) is 4.98 Å². The van der Waals surface area contributed by atoms with Crippen molar-refractivity contribution < 1.29 is 4.79 Å². The first-order chi connectivity index (χ1) is 14.1. The largest absolute Gasteiger partial charge is 0.372 e. The Bertz CT molecular complexity index is 831. The topological polar surface area (TPSA) is 48.5 Å². The lowest BCUT2D eigenvalue weighted by Crippen LogP contribution is -2.39. The third kappa shape index (κ3) is 4.89. The molecule has 1 amide bonds. The third-order valence-corrected chi connectivity index (χ3v) is 6.00. The molecule has 5 heteroatoms. The number of anilines is 3. The minimum Gasteiger partial charge on any atom is -0.372 e. The van der Waals surface area contributed by atoms with Crippen molar-refractivity contribution >= 4 is 23.0 Å². The molecule has 1 atom stereocenters. The minimum atomic E-state index is -0.108. The van der Waals surface area contributed by atoms with Crippen molar-refractivity contribution in [2.45, 2.75) is 59.4 Å².